The highest BCUT2D eigenvalue weighted by atomic mass is 79.9. The molecule has 0 saturated carbocycles. The summed E-state index contributed by atoms with van der Waals surface area (Å²) in [5.74, 6) is 0. The van der Waals surface area contributed by atoms with Crippen molar-refractivity contribution in [2.24, 2.45) is 5.73 Å². The Hall–Kier alpha value is -1.16. The summed E-state index contributed by atoms with van der Waals surface area (Å²) < 4.78 is 6.17. The lowest BCUT2D eigenvalue weighted by atomic mass is 9.95. The lowest BCUT2D eigenvalue weighted by molar-refractivity contribution is 0.202. The van der Waals surface area contributed by atoms with Gasteiger partial charge in [0.25, 0.3) is 0 Å². The molecular weight excluding hydrogens is 314 g/mol. The Morgan fingerprint density at radius 1 is 1.15 bits per heavy atom. The van der Waals surface area contributed by atoms with Gasteiger partial charge in [-0.05, 0) is 47.7 Å². The lowest BCUT2D eigenvalue weighted by Crippen LogP contribution is -2.13. The van der Waals surface area contributed by atoms with Gasteiger partial charge < -0.3 is 10.5 Å². The first-order valence-corrected chi connectivity index (χ1v) is 7.50. The number of rotatable bonds is 5. The molecule has 106 valence electrons. The van der Waals surface area contributed by atoms with Crippen molar-refractivity contribution in [3.63, 3.8) is 0 Å². The van der Waals surface area contributed by atoms with Crippen molar-refractivity contribution in [1.82, 2.24) is 0 Å². The Labute approximate surface area is 129 Å². The lowest BCUT2D eigenvalue weighted by Gasteiger charge is -2.16. The topological polar surface area (TPSA) is 35.2 Å². The van der Waals surface area contributed by atoms with Crippen LogP contribution in [-0.2, 0) is 11.2 Å². The fraction of sp³-hybridized carbons (Fsp3) is 0.294. The van der Waals surface area contributed by atoms with Crippen LogP contribution in [0.25, 0.3) is 0 Å². The van der Waals surface area contributed by atoms with Crippen molar-refractivity contribution in [3.8, 4) is 0 Å². The Bertz CT molecular complexity index is 566. The van der Waals surface area contributed by atoms with Crippen molar-refractivity contribution in [2.75, 3.05) is 13.7 Å². The molecule has 2 N–H and O–H groups in total. The van der Waals surface area contributed by atoms with Gasteiger partial charge in [-0.2, -0.15) is 0 Å². The first kappa shape index (κ1) is 15.2. The summed E-state index contributed by atoms with van der Waals surface area (Å²) in [6.07, 6.45) is 0.934. The monoisotopic (exact) mass is 333 g/mol. The van der Waals surface area contributed by atoms with Gasteiger partial charge in [0.1, 0.15) is 0 Å². The molecule has 0 saturated heterocycles. The zero-order valence-electron chi connectivity index (χ0n) is 11.9. The van der Waals surface area contributed by atoms with Crippen molar-refractivity contribution < 1.29 is 4.74 Å². The van der Waals surface area contributed by atoms with Crippen LogP contribution in [0.1, 0.15) is 28.3 Å². The van der Waals surface area contributed by atoms with Gasteiger partial charge in [0.05, 0.1) is 12.6 Å². The fourth-order valence-electron chi connectivity index (χ4n) is 2.28. The highest BCUT2D eigenvalue weighted by molar-refractivity contribution is 9.10. The van der Waals surface area contributed by atoms with Crippen LogP contribution < -0.4 is 5.73 Å². The molecule has 0 bridgehead atoms. The van der Waals surface area contributed by atoms with E-state index in [1.54, 1.807) is 7.11 Å². The van der Waals surface area contributed by atoms with E-state index in [-0.39, 0.29) is 6.04 Å². The van der Waals surface area contributed by atoms with Gasteiger partial charge in [-0.1, -0.05) is 46.3 Å². The Morgan fingerprint density at radius 2 is 1.85 bits per heavy atom. The molecule has 0 aliphatic rings. The summed E-state index contributed by atoms with van der Waals surface area (Å²) in [5.41, 5.74) is 11.2. The number of hydrogen-bond donors (Lipinski definition) is 1. The summed E-state index contributed by atoms with van der Waals surface area (Å²) in [4.78, 5) is 0. The van der Waals surface area contributed by atoms with Crippen LogP contribution in [0.5, 0.6) is 0 Å². The van der Waals surface area contributed by atoms with Crippen LogP contribution >= 0.6 is 15.9 Å². The van der Waals surface area contributed by atoms with E-state index in [4.69, 9.17) is 10.5 Å². The minimum Gasteiger partial charge on any atom is -0.384 e. The molecule has 2 aromatic carbocycles. The van der Waals surface area contributed by atoms with Crippen LogP contribution in [0.2, 0.25) is 0 Å². The molecule has 0 fully saturated rings. The second-order valence-electron chi connectivity index (χ2n) is 4.96. The van der Waals surface area contributed by atoms with Gasteiger partial charge in [-0.3, -0.25) is 0 Å². The van der Waals surface area contributed by atoms with E-state index in [2.05, 4.69) is 59.3 Å². The van der Waals surface area contributed by atoms with E-state index in [0.717, 1.165) is 28.6 Å². The largest absolute Gasteiger partial charge is 0.384 e. The minimum atomic E-state index is -0.0837. The average molecular weight is 334 g/mol. The molecular formula is C17H20BrNO. The number of hydrogen-bond acceptors (Lipinski definition) is 2. The molecule has 1 atom stereocenters. The molecule has 1 unspecified atom stereocenters. The SMILES string of the molecule is COCCc1ccc(C(N)c2ccc(Br)cc2C)cc1. The van der Waals surface area contributed by atoms with Crippen LogP contribution in [-0.4, -0.2) is 13.7 Å². The highest BCUT2D eigenvalue weighted by Gasteiger charge is 2.11. The molecule has 0 aliphatic heterocycles. The maximum Gasteiger partial charge on any atom is 0.0554 e. The standard InChI is InChI=1S/C17H20BrNO/c1-12-11-15(18)7-8-16(12)17(19)14-5-3-13(4-6-14)9-10-20-2/h3-8,11,17H,9-10,19H2,1-2H3. The fourth-order valence-corrected chi connectivity index (χ4v) is 2.75. The van der Waals surface area contributed by atoms with Crippen molar-refractivity contribution in [2.45, 2.75) is 19.4 Å². The van der Waals surface area contributed by atoms with E-state index in [0.29, 0.717) is 0 Å². The molecule has 2 aromatic rings. The molecule has 0 heterocycles. The van der Waals surface area contributed by atoms with Gasteiger partial charge in [0, 0.05) is 11.6 Å². The third kappa shape index (κ3) is 3.69. The van der Waals surface area contributed by atoms with Gasteiger partial charge in [-0.15, -0.1) is 0 Å². The van der Waals surface area contributed by atoms with E-state index in [9.17, 15) is 0 Å². The predicted molar refractivity (Wildman–Crippen MR) is 86.9 cm³/mol. The maximum absolute atomic E-state index is 6.38. The number of benzene rings is 2. The summed E-state index contributed by atoms with van der Waals surface area (Å²) in [5, 5.41) is 0. The normalized spacial score (nSPS) is 12.4. The Morgan fingerprint density at radius 3 is 2.45 bits per heavy atom. The van der Waals surface area contributed by atoms with E-state index in [1.165, 1.54) is 11.1 Å². The van der Waals surface area contributed by atoms with Crippen molar-refractivity contribution in [3.05, 3.63) is 69.2 Å². The first-order chi connectivity index (χ1) is 9.61. The predicted octanol–water partition coefficient (Wildman–Crippen LogP) is 3.99. The molecule has 0 spiro atoms. The summed E-state index contributed by atoms with van der Waals surface area (Å²) >= 11 is 3.48. The number of ether oxygens (including phenoxy) is 1. The Balaban J connectivity index is 2.18. The summed E-state index contributed by atoms with van der Waals surface area (Å²) in [6, 6.07) is 14.6. The van der Waals surface area contributed by atoms with Crippen LogP contribution in [0.4, 0.5) is 0 Å². The molecule has 0 radical (unpaired) electrons. The van der Waals surface area contributed by atoms with E-state index < -0.39 is 0 Å². The zero-order chi connectivity index (χ0) is 14.5. The number of halogens is 1. The van der Waals surface area contributed by atoms with Crippen LogP contribution in [0.15, 0.2) is 46.9 Å². The molecule has 20 heavy (non-hydrogen) atoms. The third-order valence-electron chi connectivity index (χ3n) is 3.50. The third-order valence-corrected chi connectivity index (χ3v) is 3.99. The second kappa shape index (κ2) is 7.02. The van der Waals surface area contributed by atoms with Gasteiger partial charge >= 0.3 is 0 Å². The van der Waals surface area contributed by atoms with E-state index in [1.807, 2.05) is 6.07 Å². The van der Waals surface area contributed by atoms with Gasteiger partial charge in [0.15, 0.2) is 0 Å². The second-order valence-corrected chi connectivity index (χ2v) is 5.88. The summed E-state index contributed by atoms with van der Waals surface area (Å²) in [6.45, 7) is 2.84. The molecule has 2 rings (SSSR count). The minimum absolute atomic E-state index is 0.0837. The summed E-state index contributed by atoms with van der Waals surface area (Å²) in [7, 11) is 1.72. The molecule has 0 aliphatic carbocycles. The highest BCUT2D eigenvalue weighted by Crippen LogP contribution is 2.25. The zero-order valence-corrected chi connectivity index (χ0v) is 13.5. The Kier molecular flexibility index (Phi) is 5.35. The molecule has 3 heteroatoms. The van der Waals surface area contributed by atoms with Gasteiger partial charge in [0.2, 0.25) is 0 Å². The molecule has 0 amide bonds. The number of methoxy groups -OCH3 is 1. The number of nitrogens with two attached hydrogens (primary N) is 1. The molecule has 0 aromatic heterocycles. The first-order valence-electron chi connectivity index (χ1n) is 6.71. The van der Waals surface area contributed by atoms with Gasteiger partial charge in [-0.25, -0.2) is 0 Å². The van der Waals surface area contributed by atoms with Crippen molar-refractivity contribution >= 4 is 15.9 Å². The van der Waals surface area contributed by atoms with E-state index >= 15 is 0 Å². The number of aryl methyl sites for hydroxylation is 1. The smallest absolute Gasteiger partial charge is 0.0554 e. The quantitative estimate of drug-likeness (QED) is 0.897. The average Bonchev–Trinajstić information content (AvgIpc) is 2.45. The maximum atomic E-state index is 6.38. The van der Waals surface area contributed by atoms with Crippen LogP contribution in [0, 0.1) is 6.92 Å². The van der Waals surface area contributed by atoms with Crippen molar-refractivity contribution in [1.29, 1.82) is 0 Å². The molecule has 2 nitrogen and oxygen atoms in total. The van der Waals surface area contributed by atoms with Crippen LogP contribution in [0.3, 0.4) is 0 Å².